The topological polar surface area (TPSA) is 69.6 Å². The van der Waals surface area contributed by atoms with E-state index in [1.807, 2.05) is 30.3 Å². The molecule has 3 N–H and O–H groups in total. The highest BCUT2D eigenvalue weighted by Gasteiger charge is 2.08. The molecule has 0 spiro atoms. The Balaban J connectivity index is 1.82. The lowest BCUT2D eigenvalue weighted by molar-refractivity contribution is -0.128. The van der Waals surface area contributed by atoms with Crippen molar-refractivity contribution in [3.05, 3.63) is 71.3 Å². The molecule has 0 fully saturated rings. The molecule has 1 amide bonds. The second-order valence-corrected chi connectivity index (χ2v) is 5.35. The van der Waals surface area contributed by atoms with Crippen LogP contribution in [-0.4, -0.2) is 16.2 Å². The van der Waals surface area contributed by atoms with Gasteiger partial charge in [0.1, 0.15) is 0 Å². The van der Waals surface area contributed by atoms with Gasteiger partial charge in [-0.1, -0.05) is 54.6 Å². The Labute approximate surface area is 130 Å². The molecule has 1 unspecified atom stereocenters. The Kier molecular flexibility index (Phi) is 6.13. The van der Waals surface area contributed by atoms with E-state index in [-0.39, 0.29) is 6.42 Å². The van der Waals surface area contributed by atoms with Gasteiger partial charge in [-0.15, -0.1) is 0 Å². The highest BCUT2D eigenvalue weighted by Crippen LogP contribution is 2.20. The second kappa shape index (κ2) is 8.32. The van der Waals surface area contributed by atoms with Gasteiger partial charge in [-0.25, -0.2) is 5.48 Å². The van der Waals surface area contributed by atoms with Gasteiger partial charge in [0.25, 0.3) is 0 Å². The van der Waals surface area contributed by atoms with Gasteiger partial charge in [-0.3, -0.25) is 10.0 Å². The van der Waals surface area contributed by atoms with Crippen LogP contribution >= 0.6 is 0 Å². The van der Waals surface area contributed by atoms with Crippen LogP contribution in [0.3, 0.4) is 0 Å². The molecule has 4 heteroatoms. The Hall–Kier alpha value is -2.17. The Morgan fingerprint density at radius 2 is 1.68 bits per heavy atom. The summed E-state index contributed by atoms with van der Waals surface area (Å²) in [4.78, 5) is 11.1. The summed E-state index contributed by atoms with van der Waals surface area (Å²) in [5.74, 6) is -0.448. The van der Waals surface area contributed by atoms with Crippen LogP contribution in [0.25, 0.3) is 0 Å². The Bertz CT molecular complexity index is 581. The van der Waals surface area contributed by atoms with Gasteiger partial charge in [-0.05, 0) is 36.0 Å². The van der Waals surface area contributed by atoms with Crippen LogP contribution in [-0.2, 0) is 17.6 Å². The largest absolute Gasteiger partial charge is 0.388 e. The molecule has 22 heavy (non-hydrogen) atoms. The standard InChI is InChI=1S/C18H21NO3/c20-17(8-4-7-14-5-2-1-3-6-14)16-11-9-15(10-12-16)13-18(21)19-22/h1-3,5-6,9-12,17,20,22H,4,7-8,13H2,(H,19,21). The lowest BCUT2D eigenvalue weighted by Gasteiger charge is -2.11. The SMILES string of the molecule is O=C(Cc1ccc(C(O)CCCc2ccccc2)cc1)NO. The van der Waals surface area contributed by atoms with Crippen LogP contribution in [0.4, 0.5) is 0 Å². The highest BCUT2D eigenvalue weighted by atomic mass is 16.5. The number of aryl methyl sites for hydroxylation is 1. The van der Waals surface area contributed by atoms with E-state index in [2.05, 4.69) is 12.1 Å². The molecule has 4 nitrogen and oxygen atoms in total. The molecule has 116 valence electrons. The zero-order valence-electron chi connectivity index (χ0n) is 12.4. The third-order valence-electron chi connectivity index (χ3n) is 3.64. The fourth-order valence-corrected chi connectivity index (χ4v) is 2.39. The van der Waals surface area contributed by atoms with Gasteiger partial charge >= 0.3 is 0 Å². The summed E-state index contributed by atoms with van der Waals surface area (Å²) in [6.07, 6.45) is 2.20. The van der Waals surface area contributed by atoms with Gasteiger partial charge in [0.05, 0.1) is 12.5 Å². The number of nitrogens with one attached hydrogen (secondary N) is 1. The average Bonchev–Trinajstić information content (AvgIpc) is 2.56. The maximum absolute atomic E-state index is 11.1. The first-order valence-electron chi connectivity index (χ1n) is 7.43. The zero-order chi connectivity index (χ0) is 15.8. The van der Waals surface area contributed by atoms with Gasteiger partial charge in [0, 0.05) is 0 Å². The van der Waals surface area contributed by atoms with E-state index in [1.54, 1.807) is 17.6 Å². The van der Waals surface area contributed by atoms with Gasteiger partial charge < -0.3 is 5.11 Å². The minimum absolute atomic E-state index is 0.126. The molecule has 0 bridgehead atoms. The molecule has 0 aliphatic rings. The van der Waals surface area contributed by atoms with Crippen molar-refractivity contribution in [3.8, 4) is 0 Å². The number of carbonyl (C=O) groups is 1. The summed E-state index contributed by atoms with van der Waals surface area (Å²) < 4.78 is 0. The number of hydroxylamine groups is 1. The zero-order valence-corrected chi connectivity index (χ0v) is 12.4. The summed E-state index contributed by atoms with van der Waals surface area (Å²) >= 11 is 0. The lowest BCUT2D eigenvalue weighted by atomic mass is 10.00. The molecule has 0 saturated carbocycles. The van der Waals surface area contributed by atoms with Crippen molar-refractivity contribution in [2.75, 3.05) is 0 Å². The predicted octanol–water partition coefficient (Wildman–Crippen LogP) is 2.79. The quantitative estimate of drug-likeness (QED) is 0.544. The summed E-state index contributed by atoms with van der Waals surface area (Å²) in [6, 6.07) is 17.5. The molecule has 0 aliphatic heterocycles. The number of hydrogen-bond donors (Lipinski definition) is 3. The summed E-state index contributed by atoms with van der Waals surface area (Å²) in [6.45, 7) is 0. The number of amides is 1. The molecule has 1 atom stereocenters. The fourth-order valence-electron chi connectivity index (χ4n) is 2.39. The van der Waals surface area contributed by atoms with E-state index in [1.165, 1.54) is 5.56 Å². The van der Waals surface area contributed by atoms with Crippen molar-refractivity contribution < 1.29 is 15.1 Å². The molecule has 0 heterocycles. The highest BCUT2D eigenvalue weighted by molar-refractivity contribution is 5.77. The van der Waals surface area contributed by atoms with Crippen molar-refractivity contribution in [1.29, 1.82) is 0 Å². The first-order valence-corrected chi connectivity index (χ1v) is 7.43. The molecule has 0 radical (unpaired) electrons. The van der Waals surface area contributed by atoms with Crippen molar-refractivity contribution in [1.82, 2.24) is 5.48 Å². The first kappa shape index (κ1) is 16.2. The monoisotopic (exact) mass is 299 g/mol. The predicted molar refractivity (Wildman–Crippen MR) is 84.4 cm³/mol. The third kappa shape index (κ3) is 4.98. The third-order valence-corrected chi connectivity index (χ3v) is 3.64. The van der Waals surface area contributed by atoms with Crippen molar-refractivity contribution in [2.24, 2.45) is 0 Å². The second-order valence-electron chi connectivity index (χ2n) is 5.35. The van der Waals surface area contributed by atoms with Gasteiger partial charge in [-0.2, -0.15) is 0 Å². The lowest BCUT2D eigenvalue weighted by Crippen LogP contribution is -2.20. The van der Waals surface area contributed by atoms with Crippen LogP contribution in [0.15, 0.2) is 54.6 Å². The molecule has 0 saturated heterocycles. The minimum atomic E-state index is -0.496. The molecule has 0 aromatic heterocycles. The van der Waals surface area contributed by atoms with Gasteiger partial charge in [0.15, 0.2) is 0 Å². The number of rotatable bonds is 7. The summed E-state index contributed by atoms with van der Waals surface area (Å²) in [7, 11) is 0. The van der Waals surface area contributed by atoms with Crippen molar-refractivity contribution in [2.45, 2.75) is 31.8 Å². The Morgan fingerprint density at radius 1 is 1.00 bits per heavy atom. The molecule has 2 rings (SSSR count). The van der Waals surface area contributed by atoms with Crippen LogP contribution in [0.5, 0.6) is 0 Å². The maximum atomic E-state index is 11.1. The van der Waals surface area contributed by atoms with Crippen molar-refractivity contribution in [3.63, 3.8) is 0 Å². The Morgan fingerprint density at radius 3 is 2.32 bits per heavy atom. The normalized spacial score (nSPS) is 11.9. The van der Waals surface area contributed by atoms with Crippen LogP contribution < -0.4 is 5.48 Å². The van der Waals surface area contributed by atoms with E-state index in [9.17, 15) is 9.90 Å². The van der Waals surface area contributed by atoms with Gasteiger partial charge in [0.2, 0.25) is 5.91 Å². The van der Waals surface area contributed by atoms with Crippen LogP contribution in [0.1, 0.15) is 35.6 Å². The molecular formula is C18H21NO3. The first-order chi connectivity index (χ1) is 10.7. The number of benzene rings is 2. The van der Waals surface area contributed by atoms with Crippen LogP contribution in [0.2, 0.25) is 0 Å². The molecule has 2 aromatic carbocycles. The van der Waals surface area contributed by atoms with Crippen LogP contribution in [0, 0.1) is 0 Å². The number of carbonyl (C=O) groups excluding carboxylic acids is 1. The fraction of sp³-hybridized carbons (Fsp3) is 0.278. The number of aliphatic hydroxyl groups excluding tert-OH is 1. The average molecular weight is 299 g/mol. The number of hydrogen-bond acceptors (Lipinski definition) is 3. The number of aliphatic hydroxyl groups is 1. The molecule has 0 aliphatic carbocycles. The molecule has 2 aromatic rings. The summed E-state index contributed by atoms with van der Waals surface area (Å²) in [5.41, 5.74) is 4.53. The smallest absolute Gasteiger partial charge is 0.247 e. The van der Waals surface area contributed by atoms with Crippen molar-refractivity contribution >= 4 is 5.91 Å². The molecular weight excluding hydrogens is 278 g/mol. The van der Waals surface area contributed by atoms with E-state index in [0.717, 1.165) is 24.0 Å². The van der Waals surface area contributed by atoms with E-state index >= 15 is 0 Å². The van der Waals surface area contributed by atoms with E-state index in [4.69, 9.17) is 5.21 Å². The summed E-state index contributed by atoms with van der Waals surface area (Å²) in [5, 5.41) is 18.7. The van der Waals surface area contributed by atoms with E-state index < -0.39 is 12.0 Å². The maximum Gasteiger partial charge on any atom is 0.247 e. The van der Waals surface area contributed by atoms with E-state index in [0.29, 0.717) is 6.42 Å². The minimum Gasteiger partial charge on any atom is -0.388 e.